The Balaban J connectivity index is 1.63. The number of piperidine rings is 1. The van der Waals surface area contributed by atoms with Crippen LogP contribution in [0, 0.1) is 18.3 Å². The van der Waals surface area contributed by atoms with E-state index in [1.54, 1.807) is 0 Å². The van der Waals surface area contributed by atoms with Crippen molar-refractivity contribution in [1.82, 2.24) is 15.1 Å². The highest BCUT2D eigenvalue weighted by atomic mass is 16.2. The molecule has 5 nitrogen and oxygen atoms in total. The molecule has 3 rings (SSSR count). The van der Waals surface area contributed by atoms with E-state index < -0.39 is 0 Å². The summed E-state index contributed by atoms with van der Waals surface area (Å²) < 4.78 is 0. The predicted molar refractivity (Wildman–Crippen MR) is 83.9 cm³/mol. The van der Waals surface area contributed by atoms with Crippen LogP contribution in [0.5, 0.6) is 0 Å². The summed E-state index contributed by atoms with van der Waals surface area (Å²) in [7, 11) is 0. The van der Waals surface area contributed by atoms with Gasteiger partial charge in [-0.25, -0.2) is 0 Å². The average Bonchev–Trinajstić information content (AvgIpc) is 2.54. The second kappa shape index (κ2) is 6.70. The molecule has 3 fully saturated rings. The molecule has 0 aromatic rings. The smallest absolute Gasteiger partial charge is 0.239 e. The van der Waals surface area contributed by atoms with Gasteiger partial charge in [0.1, 0.15) is 0 Å². The van der Waals surface area contributed by atoms with Crippen LogP contribution in [0.2, 0.25) is 0 Å². The number of piperazine rings is 1. The molecule has 1 saturated carbocycles. The first-order chi connectivity index (χ1) is 10.7. The Morgan fingerprint density at radius 2 is 1.95 bits per heavy atom. The highest BCUT2D eigenvalue weighted by Crippen LogP contribution is 2.29. The van der Waals surface area contributed by atoms with E-state index in [-0.39, 0.29) is 36.4 Å². The van der Waals surface area contributed by atoms with E-state index in [9.17, 15) is 9.59 Å². The normalized spacial score (nSPS) is 30.3. The topological polar surface area (TPSA) is 52.7 Å². The lowest BCUT2D eigenvalue weighted by molar-refractivity contribution is -0.148. The molecule has 0 aromatic carbocycles. The van der Waals surface area contributed by atoms with Crippen LogP contribution in [0.1, 0.15) is 38.5 Å². The molecule has 2 saturated heterocycles. The first-order valence-corrected chi connectivity index (χ1v) is 8.44. The van der Waals surface area contributed by atoms with Crippen molar-refractivity contribution in [3.8, 4) is 12.3 Å². The monoisotopic (exact) mass is 303 g/mol. The number of rotatable bonds is 2. The van der Waals surface area contributed by atoms with E-state index in [0.717, 1.165) is 51.6 Å². The molecule has 1 aliphatic carbocycles. The summed E-state index contributed by atoms with van der Waals surface area (Å²) in [6.07, 6.45) is 11.4. The fraction of sp³-hybridized carbons (Fsp3) is 0.765. The number of amides is 2. The van der Waals surface area contributed by atoms with E-state index in [1.165, 1.54) is 0 Å². The van der Waals surface area contributed by atoms with Gasteiger partial charge in [-0.05, 0) is 38.8 Å². The summed E-state index contributed by atoms with van der Waals surface area (Å²) >= 11 is 0. The third-order valence-electron chi connectivity index (χ3n) is 5.32. The Morgan fingerprint density at radius 1 is 1.23 bits per heavy atom. The maximum atomic E-state index is 12.9. The van der Waals surface area contributed by atoms with Crippen molar-refractivity contribution < 1.29 is 9.59 Å². The molecule has 120 valence electrons. The lowest BCUT2D eigenvalue weighted by atomic mass is 9.85. The van der Waals surface area contributed by atoms with E-state index in [1.807, 2.05) is 4.90 Å². The second-order valence-corrected chi connectivity index (χ2v) is 6.75. The van der Waals surface area contributed by atoms with E-state index in [2.05, 4.69) is 16.1 Å². The van der Waals surface area contributed by atoms with Crippen molar-refractivity contribution >= 4 is 11.8 Å². The number of fused-ring (bicyclic) bond motifs is 1. The molecule has 0 spiro atoms. The molecule has 0 bridgehead atoms. The zero-order chi connectivity index (χ0) is 15.5. The van der Waals surface area contributed by atoms with Gasteiger partial charge in [0.25, 0.3) is 0 Å². The van der Waals surface area contributed by atoms with Crippen molar-refractivity contribution in [2.75, 3.05) is 26.2 Å². The molecular formula is C17H25N3O2. The van der Waals surface area contributed by atoms with Crippen LogP contribution >= 0.6 is 0 Å². The van der Waals surface area contributed by atoms with Crippen LogP contribution in [0.15, 0.2) is 0 Å². The molecule has 3 aliphatic rings. The molecule has 2 heterocycles. The predicted octanol–water partition coefficient (Wildman–Crippen LogP) is 0.601. The van der Waals surface area contributed by atoms with Crippen molar-refractivity contribution in [1.29, 1.82) is 0 Å². The molecule has 2 amide bonds. The second-order valence-electron chi connectivity index (χ2n) is 6.75. The summed E-state index contributed by atoms with van der Waals surface area (Å²) in [5.41, 5.74) is 0. The lowest BCUT2D eigenvalue weighted by Crippen LogP contribution is -2.64. The van der Waals surface area contributed by atoms with Crippen LogP contribution in [0.4, 0.5) is 0 Å². The van der Waals surface area contributed by atoms with E-state index in [4.69, 9.17) is 6.42 Å². The Kier molecular flexibility index (Phi) is 4.68. The molecular weight excluding hydrogens is 278 g/mol. The van der Waals surface area contributed by atoms with Crippen LogP contribution in [-0.4, -0.2) is 59.9 Å². The zero-order valence-corrected chi connectivity index (χ0v) is 13.1. The molecule has 2 aliphatic heterocycles. The van der Waals surface area contributed by atoms with Gasteiger partial charge in [-0.1, -0.05) is 18.8 Å². The third-order valence-corrected chi connectivity index (χ3v) is 5.32. The maximum absolute atomic E-state index is 12.9. The van der Waals surface area contributed by atoms with Crippen LogP contribution in [0.3, 0.4) is 0 Å². The maximum Gasteiger partial charge on any atom is 0.239 e. The number of hydrogen-bond donors (Lipinski definition) is 1. The van der Waals surface area contributed by atoms with E-state index in [0.29, 0.717) is 6.54 Å². The molecule has 0 unspecified atom stereocenters. The van der Waals surface area contributed by atoms with Gasteiger partial charge < -0.3 is 10.2 Å². The summed E-state index contributed by atoms with van der Waals surface area (Å²) in [6.45, 7) is 2.67. The SMILES string of the molecule is C#CCN1CCC(C(=O)N2CC(=O)N[C@@H]3CCCC[C@@H]32)CC1. The quantitative estimate of drug-likeness (QED) is 0.760. The van der Waals surface area contributed by atoms with Gasteiger partial charge in [-0.15, -0.1) is 6.42 Å². The molecule has 5 heteroatoms. The van der Waals surface area contributed by atoms with Crippen LogP contribution in [0.25, 0.3) is 0 Å². The number of terminal acetylenes is 1. The Morgan fingerprint density at radius 3 is 2.68 bits per heavy atom. The highest BCUT2D eigenvalue weighted by molar-refractivity contribution is 5.87. The number of nitrogens with one attached hydrogen (secondary N) is 1. The van der Waals surface area contributed by atoms with Gasteiger partial charge in [-0.3, -0.25) is 14.5 Å². The summed E-state index contributed by atoms with van der Waals surface area (Å²) in [5, 5.41) is 3.07. The number of carbonyl (C=O) groups is 2. The van der Waals surface area contributed by atoms with Gasteiger partial charge in [-0.2, -0.15) is 0 Å². The van der Waals surface area contributed by atoms with Crippen LogP contribution < -0.4 is 5.32 Å². The number of likely N-dealkylation sites (tertiary alicyclic amines) is 1. The largest absolute Gasteiger partial charge is 0.350 e. The molecule has 0 radical (unpaired) electrons. The van der Waals surface area contributed by atoms with Gasteiger partial charge >= 0.3 is 0 Å². The van der Waals surface area contributed by atoms with Gasteiger partial charge in [0.2, 0.25) is 11.8 Å². The van der Waals surface area contributed by atoms with Crippen molar-refractivity contribution in [3.63, 3.8) is 0 Å². The minimum atomic E-state index is 0.00117. The fourth-order valence-electron chi connectivity index (χ4n) is 4.12. The van der Waals surface area contributed by atoms with E-state index >= 15 is 0 Å². The molecule has 0 aromatic heterocycles. The summed E-state index contributed by atoms with van der Waals surface area (Å²) in [5.74, 6) is 2.91. The molecule has 22 heavy (non-hydrogen) atoms. The zero-order valence-electron chi connectivity index (χ0n) is 13.1. The highest BCUT2D eigenvalue weighted by Gasteiger charge is 2.41. The minimum Gasteiger partial charge on any atom is -0.350 e. The van der Waals surface area contributed by atoms with Gasteiger partial charge in [0, 0.05) is 12.0 Å². The number of nitrogens with zero attached hydrogens (tertiary/aromatic N) is 2. The average molecular weight is 303 g/mol. The lowest BCUT2D eigenvalue weighted by Gasteiger charge is -2.45. The van der Waals surface area contributed by atoms with Crippen LogP contribution in [-0.2, 0) is 9.59 Å². The fourth-order valence-corrected chi connectivity index (χ4v) is 4.12. The molecule has 1 N–H and O–H groups in total. The number of carbonyl (C=O) groups excluding carboxylic acids is 2. The molecule has 2 atom stereocenters. The Hall–Kier alpha value is -1.54. The Bertz CT molecular complexity index is 477. The van der Waals surface area contributed by atoms with Gasteiger partial charge in [0.15, 0.2) is 0 Å². The first kappa shape index (κ1) is 15.4. The Labute approximate surface area is 132 Å². The minimum absolute atomic E-state index is 0.00117. The van der Waals surface area contributed by atoms with Crippen molar-refractivity contribution in [2.45, 2.75) is 50.6 Å². The van der Waals surface area contributed by atoms with Gasteiger partial charge in [0.05, 0.1) is 19.1 Å². The van der Waals surface area contributed by atoms with Crippen molar-refractivity contribution in [2.24, 2.45) is 5.92 Å². The van der Waals surface area contributed by atoms with Crippen molar-refractivity contribution in [3.05, 3.63) is 0 Å². The number of hydrogen-bond acceptors (Lipinski definition) is 3. The summed E-state index contributed by atoms with van der Waals surface area (Å²) in [6, 6.07) is 0.378. The standard InChI is InChI=1S/C17H25N3O2/c1-2-9-19-10-7-13(8-11-19)17(22)20-12-16(21)18-14-5-3-4-6-15(14)20/h1,13-15H,3-12H2,(H,18,21)/t14-,15+/m1/s1. The summed E-state index contributed by atoms with van der Waals surface area (Å²) in [4.78, 5) is 28.9. The first-order valence-electron chi connectivity index (χ1n) is 8.44. The third kappa shape index (κ3) is 3.12.